The van der Waals surface area contributed by atoms with Crippen LogP contribution in [0.15, 0.2) is 0 Å². The molecule has 0 bridgehead atoms. The van der Waals surface area contributed by atoms with Crippen LogP contribution in [0.2, 0.25) is 0 Å². The molecular weight excluding hydrogens is 206 g/mol. The number of aromatic nitrogens is 3. The van der Waals surface area contributed by atoms with Crippen molar-refractivity contribution in [3.05, 3.63) is 11.6 Å². The van der Waals surface area contributed by atoms with Gasteiger partial charge in [-0.15, -0.1) is 10.2 Å². The maximum absolute atomic E-state index is 11.5. The molecule has 88 valence electrons. The van der Waals surface area contributed by atoms with Crippen molar-refractivity contribution < 1.29 is 4.79 Å². The molecule has 0 saturated heterocycles. The quantitative estimate of drug-likeness (QED) is 0.738. The van der Waals surface area contributed by atoms with E-state index in [2.05, 4.69) is 20.1 Å². The highest BCUT2D eigenvalue weighted by Crippen LogP contribution is 2.14. The maximum atomic E-state index is 11.5. The summed E-state index contributed by atoms with van der Waals surface area (Å²) in [5, 5.41) is 11.1. The van der Waals surface area contributed by atoms with Gasteiger partial charge in [-0.1, -0.05) is 0 Å². The maximum Gasteiger partial charge on any atom is 0.317 e. The summed E-state index contributed by atoms with van der Waals surface area (Å²) in [5.74, 6) is 1.92. The molecule has 1 N–H and O–H groups in total. The Labute approximate surface area is 94.6 Å². The fourth-order valence-corrected chi connectivity index (χ4v) is 1.90. The molecule has 0 aliphatic carbocycles. The summed E-state index contributed by atoms with van der Waals surface area (Å²) >= 11 is 0. The lowest BCUT2D eigenvalue weighted by atomic mass is 10.1. The number of hydrogen-bond donors (Lipinski definition) is 1. The molecule has 1 unspecified atom stereocenters. The van der Waals surface area contributed by atoms with Gasteiger partial charge in [-0.05, 0) is 13.3 Å². The first-order valence-electron chi connectivity index (χ1n) is 5.44. The highest BCUT2D eigenvalue weighted by molar-refractivity contribution is 5.73. The topological polar surface area (TPSA) is 63.1 Å². The molecule has 2 rings (SSSR count). The average molecular weight is 223 g/mol. The molecule has 0 radical (unpaired) electrons. The minimum atomic E-state index is -0.0466. The van der Waals surface area contributed by atoms with Gasteiger partial charge in [0.2, 0.25) is 0 Å². The normalized spacial score (nSPS) is 19.1. The number of aryl methyl sites for hydroxylation is 1. The SMILES string of the molecule is Cc1nnc2n1CCC(NC(=O)N(C)C)C2. The Morgan fingerprint density at radius 3 is 2.94 bits per heavy atom. The van der Waals surface area contributed by atoms with Crippen LogP contribution in [0.1, 0.15) is 18.1 Å². The number of amides is 2. The minimum absolute atomic E-state index is 0.0466. The first-order chi connectivity index (χ1) is 7.58. The van der Waals surface area contributed by atoms with Crippen molar-refractivity contribution in [2.45, 2.75) is 32.4 Å². The Morgan fingerprint density at radius 2 is 2.25 bits per heavy atom. The average Bonchev–Trinajstić information content (AvgIpc) is 2.60. The van der Waals surface area contributed by atoms with E-state index in [9.17, 15) is 4.79 Å². The van der Waals surface area contributed by atoms with E-state index in [0.29, 0.717) is 0 Å². The predicted octanol–water partition coefficient (Wildman–Crippen LogP) is 0.173. The van der Waals surface area contributed by atoms with Crippen LogP contribution in [0.3, 0.4) is 0 Å². The van der Waals surface area contributed by atoms with E-state index in [1.807, 2.05) is 6.92 Å². The van der Waals surface area contributed by atoms with Gasteiger partial charge in [0.15, 0.2) is 0 Å². The third kappa shape index (κ3) is 2.00. The number of carbonyl (C=O) groups is 1. The number of hydrogen-bond acceptors (Lipinski definition) is 3. The Bertz CT molecular complexity index is 398. The van der Waals surface area contributed by atoms with E-state index in [1.54, 1.807) is 19.0 Å². The zero-order valence-corrected chi connectivity index (χ0v) is 9.90. The standard InChI is InChI=1S/C10H17N5O/c1-7-12-13-9-6-8(4-5-15(7)9)11-10(16)14(2)3/h8H,4-6H2,1-3H3,(H,11,16). The van der Waals surface area contributed by atoms with Crippen LogP contribution in [-0.2, 0) is 13.0 Å². The second kappa shape index (κ2) is 4.11. The molecule has 1 aromatic heterocycles. The van der Waals surface area contributed by atoms with Gasteiger partial charge in [0.25, 0.3) is 0 Å². The van der Waals surface area contributed by atoms with Crippen LogP contribution >= 0.6 is 0 Å². The van der Waals surface area contributed by atoms with E-state index in [1.165, 1.54) is 0 Å². The molecule has 6 nitrogen and oxygen atoms in total. The summed E-state index contributed by atoms with van der Waals surface area (Å²) < 4.78 is 2.11. The van der Waals surface area contributed by atoms with Crippen molar-refractivity contribution in [1.29, 1.82) is 0 Å². The van der Waals surface area contributed by atoms with Crippen LogP contribution in [0.5, 0.6) is 0 Å². The van der Waals surface area contributed by atoms with Crippen LogP contribution in [-0.4, -0.2) is 45.8 Å². The lowest BCUT2D eigenvalue weighted by molar-refractivity contribution is 0.210. The Morgan fingerprint density at radius 1 is 1.50 bits per heavy atom. The molecule has 1 atom stereocenters. The molecule has 1 aliphatic rings. The molecule has 2 heterocycles. The predicted molar refractivity (Wildman–Crippen MR) is 59.1 cm³/mol. The molecule has 6 heteroatoms. The van der Waals surface area contributed by atoms with Gasteiger partial charge >= 0.3 is 6.03 Å². The van der Waals surface area contributed by atoms with Crippen molar-refractivity contribution in [2.24, 2.45) is 0 Å². The van der Waals surface area contributed by atoms with Crippen molar-refractivity contribution in [3.63, 3.8) is 0 Å². The molecule has 1 aliphatic heterocycles. The molecule has 2 amide bonds. The third-order valence-corrected chi connectivity index (χ3v) is 2.88. The van der Waals surface area contributed by atoms with Crippen LogP contribution in [0.4, 0.5) is 4.79 Å². The van der Waals surface area contributed by atoms with E-state index < -0.39 is 0 Å². The number of urea groups is 1. The van der Waals surface area contributed by atoms with Gasteiger partial charge < -0.3 is 14.8 Å². The van der Waals surface area contributed by atoms with Crippen molar-refractivity contribution in [1.82, 2.24) is 25.0 Å². The van der Waals surface area contributed by atoms with Crippen molar-refractivity contribution in [3.8, 4) is 0 Å². The monoisotopic (exact) mass is 223 g/mol. The van der Waals surface area contributed by atoms with E-state index in [4.69, 9.17) is 0 Å². The van der Waals surface area contributed by atoms with Gasteiger partial charge in [0.1, 0.15) is 11.6 Å². The molecule has 0 aromatic carbocycles. The summed E-state index contributed by atoms with van der Waals surface area (Å²) in [5.41, 5.74) is 0. The van der Waals surface area contributed by atoms with Crippen LogP contribution in [0, 0.1) is 6.92 Å². The molecule has 0 spiro atoms. The fraction of sp³-hybridized carbons (Fsp3) is 0.700. The molecule has 0 saturated carbocycles. The summed E-state index contributed by atoms with van der Waals surface area (Å²) in [6.07, 6.45) is 1.70. The third-order valence-electron chi connectivity index (χ3n) is 2.88. The Balaban J connectivity index is 2.00. The van der Waals surface area contributed by atoms with Crippen LogP contribution in [0.25, 0.3) is 0 Å². The highest BCUT2D eigenvalue weighted by atomic mass is 16.2. The van der Waals surface area contributed by atoms with Crippen molar-refractivity contribution in [2.75, 3.05) is 14.1 Å². The zero-order chi connectivity index (χ0) is 11.7. The zero-order valence-electron chi connectivity index (χ0n) is 9.90. The van der Waals surface area contributed by atoms with Gasteiger partial charge in [-0.25, -0.2) is 4.79 Å². The Kier molecular flexibility index (Phi) is 2.80. The van der Waals surface area contributed by atoms with E-state index >= 15 is 0 Å². The minimum Gasteiger partial charge on any atom is -0.335 e. The van der Waals surface area contributed by atoms with Gasteiger partial charge in [0.05, 0.1) is 0 Å². The van der Waals surface area contributed by atoms with Gasteiger partial charge in [-0.3, -0.25) is 0 Å². The second-order valence-corrected chi connectivity index (χ2v) is 4.35. The van der Waals surface area contributed by atoms with Crippen molar-refractivity contribution >= 4 is 6.03 Å². The molecule has 1 aromatic rings. The highest BCUT2D eigenvalue weighted by Gasteiger charge is 2.23. The molecule has 0 fully saturated rings. The first kappa shape index (κ1) is 10.9. The fourth-order valence-electron chi connectivity index (χ4n) is 1.90. The largest absolute Gasteiger partial charge is 0.335 e. The summed E-state index contributed by atoms with van der Waals surface area (Å²) in [7, 11) is 3.48. The lowest BCUT2D eigenvalue weighted by Gasteiger charge is -2.25. The number of nitrogens with one attached hydrogen (secondary N) is 1. The van der Waals surface area contributed by atoms with E-state index in [-0.39, 0.29) is 12.1 Å². The Hall–Kier alpha value is -1.59. The lowest BCUT2D eigenvalue weighted by Crippen LogP contribution is -2.44. The number of nitrogens with zero attached hydrogens (tertiary/aromatic N) is 4. The van der Waals surface area contributed by atoms with Gasteiger partial charge in [-0.2, -0.15) is 0 Å². The second-order valence-electron chi connectivity index (χ2n) is 4.35. The number of fused-ring (bicyclic) bond motifs is 1. The molecular formula is C10H17N5O. The smallest absolute Gasteiger partial charge is 0.317 e. The number of rotatable bonds is 1. The summed E-state index contributed by atoms with van der Waals surface area (Å²) in [6.45, 7) is 2.84. The summed E-state index contributed by atoms with van der Waals surface area (Å²) in [6, 6.07) is 0.126. The van der Waals surface area contributed by atoms with E-state index in [0.717, 1.165) is 31.0 Å². The first-order valence-corrected chi connectivity index (χ1v) is 5.44. The van der Waals surface area contributed by atoms with Gasteiger partial charge in [0, 0.05) is 33.1 Å². The molecule has 16 heavy (non-hydrogen) atoms. The van der Waals surface area contributed by atoms with Crippen LogP contribution < -0.4 is 5.32 Å². The summed E-state index contributed by atoms with van der Waals surface area (Å²) in [4.78, 5) is 13.0. The number of carbonyl (C=O) groups excluding carboxylic acids is 1.